The summed E-state index contributed by atoms with van der Waals surface area (Å²) < 4.78 is 5.36. The highest BCUT2D eigenvalue weighted by Gasteiger charge is 2.09. The Balaban J connectivity index is 2.25. The van der Waals surface area contributed by atoms with Gasteiger partial charge in [0.15, 0.2) is 5.96 Å². The number of nitrogens with zero attached hydrogens (tertiary/aromatic N) is 3. The molecule has 0 aromatic heterocycles. The lowest BCUT2D eigenvalue weighted by molar-refractivity contribution is 0.0394. The Kier molecular flexibility index (Phi) is 11.1. The van der Waals surface area contributed by atoms with Crippen LogP contribution in [0.25, 0.3) is 0 Å². The summed E-state index contributed by atoms with van der Waals surface area (Å²) in [5.41, 5.74) is 0. The number of aliphatic imine (C=N–C) groups is 1. The molecule has 0 unspecified atom stereocenters. The standard InChI is InChI=1S/C16H35N5O/c1-4-9-20(6-3)10-7-18-16(17-5-2)19-8-11-21-12-14-22-15-13-21/h4-15H2,1-3H3,(H2,17,18,19). The Bertz CT molecular complexity index is 292. The fourth-order valence-electron chi connectivity index (χ4n) is 2.55. The molecule has 0 aliphatic carbocycles. The van der Waals surface area contributed by atoms with Gasteiger partial charge in [0.2, 0.25) is 0 Å². The van der Waals surface area contributed by atoms with Crippen LogP contribution < -0.4 is 10.6 Å². The fraction of sp³-hybridized carbons (Fsp3) is 0.938. The molecule has 130 valence electrons. The van der Waals surface area contributed by atoms with Gasteiger partial charge in [-0.15, -0.1) is 0 Å². The maximum absolute atomic E-state index is 5.36. The van der Waals surface area contributed by atoms with Gasteiger partial charge in [-0.1, -0.05) is 13.8 Å². The van der Waals surface area contributed by atoms with Crippen LogP contribution in [0.1, 0.15) is 27.2 Å². The molecule has 0 aromatic rings. The van der Waals surface area contributed by atoms with Crippen molar-refractivity contribution in [2.45, 2.75) is 27.2 Å². The summed E-state index contributed by atoms with van der Waals surface area (Å²) in [7, 11) is 0. The Labute approximate surface area is 136 Å². The highest BCUT2D eigenvalue weighted by atomic mass is 16.5. The molecule has 6 nitrogen and oxygen atoms in total. The van der Waals surface area contributed by atoms with Gasteiger partial charge in [-0.25, -0.2) is 0 Å². The SMILES string of the molecule is CCCN(CC)CCNC(=NCCN1CCOCC1)NCC. The minimum absolute atomic E-state index is 0.835. The quantitative estimate of drug-likeness (QED) is 0.457. The van der Waals surface area contributed by atoms with Crippen molar-refractivity contribution in [1.82, 2.24) is 20.4 Å². The van der Waals surface area contributed by atoms with Crippen LogP contribution in [0, 0.1) is 0 Å². The number of nitrogens with one attached hydrogen (secondary N) is 2. The Morgan fingerprint density at radius 2 is 1.91 bits per heavy atom. The summed E-state index contributed by atoms with van der Waals surface area (Å²) >= 11 is 0. The minimum atomic E-state index is 0.835. The monoisotopic (exact) mass is 313 g/mol. The average Bonchev–Trinajstić information content (AvgIpc) is 2.55. The molecule has 1 rings (SSSR count). The van der Waals surface area contributed by atoms with E-state index in [1.54, 1.807) is 0 Å². The summed E-state index contributed by atoms with van der Waals surface area (Å²) in [5, 5.41) is 6.76. The van der Waals surface area contributed by atoms with Crippen LogP contribution in [-0.4, -0.2) is 87.9 Å². The molecule has 0 atom stereocenters. The van der Waals surface area contributed by atoms with Crippen molar-refractivity contribution in [2.24, 2.45) is 4.99 Å². The molecule has 1 fully saturated rings. The van der Waals surface area contributed by atoms with Crippen molar-refractivity contribution in [3.8, 4) is 0 Å². The van der Waals surface area contributed by atoms with E-state index < -0.39 is 0 Å². The van der Waals surface area contributed by atoms with Gasteiger partial charge >= 0.3 is 0 Å². The molecule has 1 heterocycles. The second-order valence-corrected chi connectivity index (χ2v) is 5.58. The van der Waals surface area contributed by atoms with Crippen molar-refractivity contribution in [1.29, 1.82) is 0 Å². The third-order valence-corrected chi connectivity index (χ3v) is 3.84. The summed E-state index contributed by atoms with van der Waals surface area (Å²) in [5.74, 6) is 0.934. The molecule has 0 aromatic carbocycles. The lowest BCUT2D eigenvalue weighted by atomic mass is 10.4. The average molecular weight is 313 g/mol. The zero-order valence-corrected chi connectivity index (χ0v) is 14.7. The van der Waals surface area contributed by atoms with E-state index in [1.165, 1.54) is 13.0 Å². The van der Waals surface area contributed by atoms with Crippen molar-refractivity contribution >= 4 is 5.96 Å². The lowest BCUT2D eigenvalue weighted by Crippen LogP contribution is -2.42. The summed E-state index contributed by atoms with van der Waals surface area (Å²) in [6, 6.07) is 0. The van der Waals surface area contributed by atoms with Gasteiger partial charge in [0.05, 0.1) is 19.8 Å². The van der Waals surface area contributed by atoms with Crippen molar-refractivity contribution in [3.63, 3.8) is 0 Å². The van der Waals surface area contributed by atoms with E-state index in [-0.39, 0.29) is 0 Å². The number of hydrogen-bond donors (Lipinski definition) is 2. The summed E-state index contributed by atoms with van der Waals surface area (Å²) in [6.45, 7) is 17.4. The van der Waals surface area contributed by atoms with Gasteiger partial charge in [-0.3, -0.25) is 9.89 Å². The Morgan fingerprint density at radius 3 is 2.55 bits per heavy atom. The number of guanidine groups is 1. The van der Waals surface area contributed by atoms with Gasteiger partial charge in [0.1, 0.15) is 0 Å². The third-order valence-electron chi connectivity index (χ3n) is 3.84. The molecule has 0 amide bonds. The molecular weight excluding hydrogens is 278 g/mol. The van der Waals surface area contributed by atoms with Gasteiger partial charge in [-0.05, 0) is 26.4 Å². The minimum Gasteiger partial charge on any atom is -0.379 e. The van der Waals surface area contributed by atoms with Gasteiger partial charge in [0.25, 0.3) is 0 Å². The van der Waals surface area contributed by atoms with Crippen LogP contribution in [0.15, 0.2) is 4.99 Å². The smallest absolute Gasteiger partial charge is 0.191 e. The first-order chi connectivity index (χ1) is 10.8. The van der Waals surface area contributed by atoms with Crippen molar-refractivity contribution in [3.05, 3.63) is 0 Å². The van der Waals surface area contributed by atoms with Gasteiger partial charge in [0, 0.05) is 39.3 Å². The largest absolute Gasteiger partial charge is 0.379 e. The van der Waals surface area contributed by atoms with Crippen LogP contribution in [0.2, 0.25) is 0 Å². The summed E-state index contributed by atoms with van der Waals surface area (Å²) in [4.78, 5) is 9.55. The van der Waals surface area contributed by atoms with E-state index >= 15 is 0 Å². The molecule has 0 spiro atoms. The topological polar surface area (TPSA) is 52.1 Å². The molecular formula is C16H35N5O. The normalized spacial score (nSPS) is 17.0. The number of likely N-dealkylation sites (N-methyl/N-ethyl adjacent to an activating group) is 1. The zero-order chi connectivity index (χ0) is 16.0. The van der Waals surface area contributed by atoms with E-state index in [0.29, 0.717) is 0 Å². The van der Waals surface area contributed by atoms with E-state index in [9.17, 15) is 0 Å². The maximum Gasteiger partial charge on any atom is 0.191 e. The van der Waals surface area contributed by atoms with Crippen LogP contribution in [-0.2, 0) is 4.74 Å². The van der Waals surface area contributed by atoms with Crippen molar-refractivity contribution in [2.75, 3.05) is 72.1 Å². The molecule has 0 bridgehead atoms. The highest BCUT2D eigenvalue weighted by molar-refractivity contribution is 5.79. The molecule has 0 radical (unpaired) electrons. The first kappa shape index (κ1) is 19.2. The lowest BCUT2D eigenvalue weighted by Gasteiger charge is -2.26. The number of rotatable bonds is 10. The Hall–Kier alpha value is -0.850. The van der Waals surface area contributed by atoms with E-state index in [0.717, 1.165) is 71.5 Å². The maximum atomic E-state index is 5.36. The first-order valence-electron chi connectivity index (χ1n) is 8.84. The highest BCUT2D eigenvalue weighted by Crippen LogP contribution is 1.95. The first-order valence-corrected chi connectivity index (χ1v) is 8.84. The van der Waals surface area contributed by atoms with Crippen LogP contribution in [0.5, 0.6) is 0 Å². The zero-order valence-electron chi connectivity index (χ0n) is 14.7. The predicted octanol–water partition coefficient (Wildman–Crippen LogP) is 0.606. The van der Waals surface area contributed by atoms with Crippen LogP contribution in [0.4, 0.5) is 0 Å². The summed E-state index contributed by atoms with van der Waals surface area (Å²) in [6.07, 6.45) is 1.21. The molecule has 0 saturated carbocycles. The number of ether oxygens (including phenoxy) is 1. The van der Waals surface area contributed by atoms with Crippen molar-refractivity contribution < 1.29 is 4.74 Å². The fourth-order valence-corrected chi connectivity index (χ4v) is 2.55. The van der Waals surface area contributed by atoms with Crippen LogP contribution >= 0.6 is 0 Å². The second kappa shape index (κ2) is 12.7. The number of hydrogen-bond acceptors (Lipinski definition) is 4. The second-order valence-electron chi connectivity index (χ2n) is 5.58. The van der Waals surface area contributed by atoms with E-state index in [2.05, 4.69) is 46.2 Å². The number of morpholine rings is 1. The predicted molar refractivity (Wildman–Crippen MR) is 93.6 cm³/mol. The van der Waals surface area contributed by atoms with Gasteiger partial charge < -0.3 is 20.3 Å². The van der Waals surface area contributed by atoms with Crippen LogP contribution in [0.3, 0.4) is 0 Å². The molecule has 1 saturated heterocycles. The molecule has 1 aliphatic heterocycles. The molecule has 1 aliphatic rings. The van der Waals surface area contributed by atoms with Gasteiger partial charge in [-0.2, -0.15) is 0 Å². The molecule has 6 heteroatoms. The molecule has 2 N–H and O–H groups in total. The van der Waals surface area contributed by atoms with E-state index in [4.69, 9.17) is 4.74 Å². The third kappa shape index (κ3) is 8.56. The Morgan fingerprint density at radius 1 is 1.14 bits per heavy atom. The van der Waals surface area contributed by atoms with E-state index in [1.807, 2.05) is 0 Å². The molecule has 22 heavy (non-hydrogen) atoms.